The minimum absolute atomic E-state index is 0.0713. The smallest absolute Gasteiger partial charge is 0.311 e. The van der Waals surface area contributed by atoms with Gasteiger partial charge in [0.05, 0.1) is 4.92 Å². The minimum Gasteiger partial charge on any atom is -0.364 e. The van der Waals surface area contributed by atoms with Crippen LogP contribution in [0.15, 0.2) is 12.3 Å². The van der Waals surface area contributed by atoms with Gasteiger partial charge in [-0.15, -0.1) is 0 Å². The number of hydrogen-bond donors (Lipinski definition) is 1. The van der Waals surface area contributed by atoms with Gasteiger partial charge in [-0.3, -0.25) is 10.1 Å². The third-order valence-electron chi connectivity index (χ3n) is 4.09. The van der Waals surface area contributed by atoms with Crippen LogP contribution >= 0.6 is 0 Å². The molecule has 1 aromatic heterocycles. The van der Waals surface area contributed by atoms with Crippen LogP contribution in [0, 0.1) is 28.9 Å². The van der Waals surface area contributed by atoms with Crippen molar-refractivity contribution < 1.29 is 4.92 Å². The summed E-state index contributed by atoms with van der Waals surface area (Å²) in [6.45, 7) is 4.88. The molecule has 1 aromatic rings. The summed E-state index contributed by atoms with van der Waals surface area (Å²) in [6, 6.07) is 1.57. The predicted octanol–water partition coefficient (Wildman–Crippen LogP) is 3.93. The van der Waals surface area contributed by atoms with Gasteiger partial charge in [0.15, 0.2) is 0 Å². The Labute approximate surface area is 119 Å². The monoisotopic (exact) mass is 277 g/mol. The van der Waals surface area contributed by atoms with Crippen molar-refractivity contribution in [1.82, 2.24) is 4.98 Å². The largest absolute Gasteiger partial charge is 0.364 e. The summed E-state index contributed by atoms with van der Waals surface area (Å²) >= 11 is 0. The second-order valence-corrected chi connectivity index (χ2v) is 5.99. The Kier molecular flexibility index (Phi) is 4.93. The molecule has 0 amide bonds. The van der Waals surface area contributed by atoms with Crippen molar-refractivity contribution in [2.75, 3.05) is 11.9 Å². The molecule has 1 fully saturated rings. The molecule has 0 radical (unpaired) electrons. The molecule has 2 unspecified atom stereocenters. The van der Waals surface area contributed by atoms with Gasteiger partial charge < -0.3 is 5.32 Å². The fourth-order valence-corrected chi connectivity index (χ4v) is 3.05. The Balaban J connectivity index is 1.89. The second-order valence-electron chi connectivity index (χ2n) is 5.99. The summed E-state index contributed by atoms with van der Waals surface area (Å²) in [5, 5.41) is 14.1. The molecule has 0 aliphatic heterocycles. The summed E-state index contributed by atoms with van der Waals surface area (Å²) in [4.78, 5) is 14.8. The van der Waals surface area contributed by atoms with E-state index in [9.17, 15) is 10.1 Å². The van der Waals surface area contributed by atoms with E-state index in [4.69, 9.17) is 0 Å². The Bertz CT molecular complexity index is 476. The van der Waals surface area contributed by atoms with Crippen LogP contribution in [0.2, 0.25) is 0 Å². The predicted molar refractivity (Wildman–Crippen MR) is 79.9 cm³/mol. The van der Waals surface area contributed by atoms with E-state index in [1.165, 1.54) is 25.7 Å². The van der Waals surface area contributed by atoms with Gasteiger partial charge in [0.1, 0.15) is 0 Å². The van der Waals surface area contributed by atoms with Gasteiger partial charge in [0.2, 0.25) is 5.82 Å². The SMILES string of the molecule is Cc1cnc(NCCC2CCCC(C)C2)c([N+](=O)[O-])c1. The molecule has 0 saturated heterocycles. The number of nitrogens with one attached hydrogen (secondary N) is 1. The highest BCUT2D eigenvalue weighted by Gasteiger charge is 2.19. The third-order valence-corrected chi connectivity index (χ3v) is 4.09. The van der Waals surface area contributed by atoms with E-state index in [0.717, 1.165) is 30.4 Å². The van der Waals surface area contributed by atoms with Crippen LogP contribution < -0.4 is 5.32 Å². The highest BCUT2D eigenvalue weighted by atomic mass is 16.6. The molecule has 110 valence electrons. The van der Waals surface area contributed by atoms with E-state index >= 15 is 0 Å². The maximum atomic E-state index is 11.0. The maximum Gasteiger partial charge on any atom is 0.311 e. The van der Waals surface area contributed by atoms with Gasteiger partial charge in [-0.05, 0) is 37.2 Å². The molecule has 1 heterocycles. The number of nitrogens with zero attached hydrogens (tertiary/aromatic N) is 2. The van der Waals surface area contributed by atoms with E-state index in [2.05, 4.69) is 17.2 Å². The van der Waals surface area contributed by atoms with Crippen LogP contribution in [0.3, 0.4) is 0 Å². The fourth-order valence-electron chi connectivity index (χ4n) is 3.05. The zero-order chi connectivity index (χ0) is 14.5. The number of rotatable bonds is 5. The average Bonchev–Trinajstić information content (AvgIpc) is 2.40. The molecular formula is C15H23N3O2. The van der Waals surface area contributed by atoms with Gasteiger partial charge in [0, 0.05) is 18.8 Å². The number of hydrogen-bond acceptors (Lipinski definition) is 4. The highest BCUT2D eigenvalue weighted by molar-refractivity contribution is 5.56. The van der Waals surface area contributed by atoms with Crippen molar-refractivity contribution in [1.29, 1.82) is 0 Å². The summed E-state index contributed by atoms with van der Waals surface area (Å²) in [7, 11) is 0. The molecule has 2 atom stereocenters. The fraction of sp³-hybridized carbons (Fsp3) is 0.667. The molecule has 5 heteroatoms. The number of aromatic nitrogens is 1. The zero-order valence-electron chi connectivity index (χ0n) is 12.3. The molecular weight excluding hydrogens is 254 g/mol. The molecule has 1 saturated carbocycles. The van der Waals surface area contributed by atoms with E-state index in [0.29, 0.717) is 5.82 Å². The van der Waals surface area contributed by atoms with Crippen molar-refractivity contribution in [2.45, 2.75) is 46.0 Å². The normalized spacial score (nSPS) is 22.5. The van der Waals surface area contributed by atoms with Gasteiger partial charge >= 0.3 is 5.69 Å². The summed E-state index contributed by atoms with van der Waals surface area (Å²) in [5.41, 5.74) is 0.880. The van der Waals surface area contributed by atoms with E-state index in [1.807, 2.05) is 6.92 Å². The van der Waals surface area contributed by atoms with E-state index in [-0.39, 0.29) is 10.6 Å². The Morgan fingerprint density at radius 3 is 3.00 bits per heavy atom. The average molecular weight is 277 g/mol. The summed E-state index contributed by atoms with van der Waals surface area (Å²) < 4.78 is 0. The van der Waals surface area contributed by atoms with Gasteiger partial charge in [-0.2, -0.15) is 0 Å². The number of pyridine rings is 1. The van der Waals surface area contributed by atoms with Crippen LogP contribution in [-0.2, 0) is 0 Å². The van der Waals surface area contributed by atoms with Crippen molar-refractivity contribution in [3.05, 3.63) is 27.9 Å². The Morgan fingerprint density at radius 2 is 2.30 bits per heavy atom. The van der Waals surface area contributed by atoms with Gasteiger partial charge in [-0.1, -0.05) is 26.2 Å². The Morgan fingerprint density at radius 1 is 1.50 bits per heavy atom. The molecule has 0 bridgehead atoms. The lowest BCUT2D eigenvalue weighted by Gasteiger charge is -2.26. The minimum atomic E-state index is -0.370. The molecule has 5 nitrogen and oxygen atoms in total. The standard InChI is InChI=1S/C15H23N3O2/c1-11-4-3-5-13(8-11)6-7-16-15-14(18(19)20)9-12(2)10-17-15/h9-11,13H,3-8H2,1-2H3,(H,16,17). The lowest BCUT2D eigenvalue weighted by molar-refractivity contribution is -0.384. The van der Waals surface area contributed by atoms with E-state index < -0.39 is 0 Å². The summed E-state index contributed by atoms with van der Waals surface area (Å²) in [5.74, 6) is 1.96. The van der Waals surface area contributed by atoms with Crippen molar-refractivity contribution in [2.24, 2.45) is 11.8 Å². The first kappa shape index (κ1) is 14.8. The van der Waals surface area contributed by atoms with Gasteiger partial charge in [0.25, 0.3) is 0 Å². The molecule has 1 N–H and O–H groups in total. The molecule has 0 spiro atoms. The van der Waals surface area contributed by atoms with Crippen LogP contribution in [0.4, 0.5) is 11.5 Å². The molecule has 20 heavy (non-hydrogen) atoms. The van der Waals surface area contributed by atoms with Crippen LogP contribution in [0.1, 0.15) is 44.6 Å². The lowest BCUT2D eigenvalue weighted by Crippen LogP contribution is -2.17. The molecule has 1 aliphatic rings. The number of nitro groups is 1. The topological polar surface area (TPSA) is 68.1 Å². The lowest BCUT2D eigenvalue weighted by atomic mass is 9.81. The van der Waals surface area contributed by atoms with Crippen molar-refractivity contribution in [3.63, 3.8) is 0 Å². The van der Waals surface area contributed by atoms with Crippen LogP contribution in [-0.4, -0.2) is 16.5 Å². The first-order valence-electron chi connectivity index (χ1n) is 7.41. The van der Waals surface area contributed by atoms with Gasteiger partial charge in [-0.25, -0.2) is 4.98 Å². The number of anilines is 1. The first-order valence-corrected chi connectivity index (χ1v) is 7.41. The van der Waals surface area contributed by atoms with Crippen molar-refractivity contribution >= 4 is 11.5 Å². The summed E-state index contributed by atoms with van der Waals surface area (Å²) in [6.07, 6.45) is 7.96. The molecule has 2 rings (SSSR count). The van der Waals surface area contributed by atoms with Crippen molar-refractivity contribution in [3.8, 4) is 0 Å². The van der Waals surface area contributed by atoms with Crippen LogP contribution in [0.5, 0.6) is 0 Å². The highest BCUT2D eigenvalue weighted by Crippen LogP contribution is 2.31. The number of aryl methyl sites for hydroxylation is 1. The third kappa shape index (κ3) is 3.92. The molecule has 0 aromatic carbocycles. The maximum absolute atomic E-state index is 11.0. The molecule has 1 aliphatic carbocycles. The Hall–Kier alpha value is -1.65. The quantitative estimate of drug-likeness (QED) is 0.654. The first-order chi connectivity index (χ1) is 9.56. The second kappa shape index (κ2) is 6.68. The van der Waals surface area contributed by atoms with Crippen LogP contribution in [0.25, 0.3) is 0 Å². The zero-order valence-corrected chi connectivity index (χ0v) is 12.3. The van der Waals surface area contributed by atoms with E-state index in [1.54, 1.807) is 12.3 Å².